The quantitative estimate of drug-likeness (QED) is 0.837. The molecule has 0 saturated carbocycles. The van der Waals surface area contributed by atoms with Crippen LogP contribution < -0.4 is 4.74 Å². The molecule has 0 radical (unpaired) electrons. The molecule has 1 aliphatic rings. The molecule has 5 heteroatoms. The van der Waals surface area contributed by atoms with E-state index in [0.29, 0.717) is 12.5 Å². The van der Waals surface area contributed by atoms with Gasteiger partial charge in [0.05, 0.1) is 6.04 Å². The Morgan fingerprint density at radius 2 is 2.09 bits per heavy atom. The minimum Gasteiger partial charge on any atom is -0.475 e. The van der Waals surface area contributed by atoms with Crippen molar-refractivity contribution in [2.24, 2.45) is 0 Å². The van der Waals surface area contributed by atoms with Crippen molar-refractivity contribution in [1.29, 1.82) is 0 Å². The number of aromatic nitrogens is 1. The lowest BCUT2D eigenvalue weighted by molar-refractivity contribution is 0.0185. The largest absolute Gasteiger partial charge is 0.475 e. The van der Waals surface area contributed by atoms with Crippen LogP contribution in [0, 0.1) is 6.92 Å². The van der Waals surface area contributed by atoms with Crippen LogP contribution in [0.5, 0.6) is 5.88 Å². The average molecular weight is 322 g/mol. The molecule has 2 rings (SSSR count). The summed E-state index contributed by atoms with van der Waals surface area (Å²) in [6.07, 6.45) is 3.37. The summed E-state index contributed by atoms with van der Waals surface area (Å²) in [7, 11) is 0. The molecule has 0 aliphatic carbocycles. The smallest absolute Gasteiger partial charge is 0.410 e. The van der Waals surface area contributed by atoms with Gasteiger partial charge >= 0.3 is 6.09 Å². The Hall–Kier alpha value is -1.78. The van der Waals surface area contributed by atoms with Crippen LogP contribution in [0.15, 0.2) is 18.3 Å². The first-order valence-corrected chi connectivity index (χ1v) is 8.41. The van der Waals surface area contributed by atoms with Crippen LogP contribution in [0.25, 0.3) is 0 Å². The zero-order valence-corrected chi connectivity index (χ0v) is 15.3. The van der Waals surface area contributed by atoms with Crippen LogP contribution in [0.4, 0.5) is 4.79 Å². The third-order valence-electron chi connectivity index (χ3n) is 3.38. The topological polar surface area (TPSA) is 51.7 Å². The maximum absolute atomic E-state index is 12.2. The first kappa shape index (κ1) is 19.3. The molecule has 5 nitrogen and oxygen atoms in total. The number of rotatable bonds is 3. The first-order chi connectivity index (χ1) is 10.9. The van der Waals surface area contributed by atoms with E-state index in [9.17, 15) is 4.79 Å². The molecule has 1 saturated heterocycles. The maximum Gasteiger partial charge on any atom is 0.410 e. The molecule has 2 heterocycles. The zero-order valence-electron chi connectivity index (χ0n) is 15.3. The molecule has 1 unspecified atom stereocenters. The Bertz CT molecular complexity index is 497. The molecule has 1 aliphatic heterocycles. The average Bonchev–Trinajstić information content (AvgIpc) is 2.95. The van der Waals surface area contributed by atoms with Crippen LogP contribution in [0.3, 0.4) is 0 Å². The van der Waals surface area contributed by atoms with Crippen molar-refractivity contribution in [2.75, 3.05) is 13.2 Å². The number of amides is 1. The van der Waals surface area contributed by atoms with Crippen LogP contribution in [-0.2, 0) is 4.74 Å². The summed E-state index contributed by atoms with van der Waals surface area (Å²) in [5.41, 5.74) is 0.530. The van der Waals surface area contributed by atoms with E-state index in [-0.39, 0.29) is 12.1 Å². The van der Waals surface area contributed by atoms with E-state index in [1.54, 1.807) is 11.1 Å². The number of nitrogens with zero attached hydrogens (tertiary/aromatic N) is 2. The van der Waals surface area contributed by atoms with Crippen molar-refractivity contribution in [1.82, 2.24) is 9.88 Å². The van der Waals surface area contributed by atoms with Crippen molar-refractivity contribution in [3.8, 4) is 5.88 Å². The summed E-state index contributed by atoms with van der Waals surface area (Å²) >= 11 is 0. The van der Waals surface area contributed by atoms with Gasteiger partial charge in [-0.25, -0.2) is 9.78 Å². The van der Waals surface area contributed by atoms with Gasteiger partial charge in [-0.05, 0) is 46.6 Å². The summed E-state index contributed by atoms with van der Waals surface area (Å²) in [6, 6.07) is 3.90. The number of aryl methyl sites for hydroxylation is 1. The van der Waals surface area contributed by atoms with Gasteiger partial charge < -0.3 is 14.4 Å². The van der Waals surface area contributed by atoms with Gasteiger partial charge in [-0.15, -0.1) is 0 Å². The highest BCUT2D eigenvalue weighted by Crippen LogP contribution is 2.22. The number of carbonyl (C=O) groups is 1. The molecule has 0 N–H and O–H groups in total. The summed E-state index contributed by atoms with van der Waals surface area (Å²) in [5, 5.41) is 0. The molecule has 0 aromatic carbocycles. The normalized spacial score (nSPS) is 17.3. The van der Waals surface area contributed by atoms with Crippen molar-refractivity contribution < 1.29 is 14.3 Å². The second-order valence-corrected chi connectivity index (χ2v) is 6.41. The van der Waals surface area contributed by atoms with Gasteiger partial charge in [0, 0.05) is 18.3 Å². The van der Waals surface area contributed by atoms with Gasteiger partial charge in [-0.1, -0.05) is 19.9 Å². The fourth-order valence-electron chi connectivity index (χ4n) is 2.37. The van der Waals surface area contributed by atoms with Gasteiger partial charge in [-0.3, -0.25) is 0 Å². The van der Waals surface area contributed by atoms with Gasteiger partial charge in [0.25, 0.3) is 0 Å². The highest BCUT2D eigenvalue weighted by molar-refractivity contribution is 5.69. The molecular formula is C18H30N2O3. The van der Waals surface area contributed by atoms with Gasteiger partial charge in [0.1, 0.15) is 12.2 Å². The second kappa shape index (κ2) is 8.75. The highest BCUT2D eigenvalue weighted by Gasteiger charge is 2.32. The summed E-state index contributed by atoms with van der Waals surface area (Å²) in [5.74, 6) is 0.633. The molecule has 1 amide bonds. The monoisotopic (exact) mass is 322 g/mol. The molecule has 1 fully saturated rings. The number of likely N-dealkylation sites (tertiary alicyclic amines) is 1. The summed E-state index contributed by atoms with van der Waals surface area (Å²) in [4.78, 5) is 18.2. The fourth-order valence-corrected chi connectivity index (χ4v) is 2.37. The van der Waals surface area contributed by atoms with Crippen LogP contribution >= 0.6 is 0 Å². The van der Waals surface area contributed by atoms with Gasteiger partial charge in [0.2, 0.25) is 5.88 Å². The molecule has 1 aromatic rings. The lowest BCUT2D eigenvalue weighted by Crippen LogP contribution is -2.42. The molecule has 1 aromatic heterocycles. The maximum atomic E-state index is 12.2. The predicted molar refractivity (Wildman–Crippen MR) is 91.8 cm³/mol. The second-order valence-electron chi connectivity index (χ2n) is 6.41. The number of hydrogen-bond acceptors (Lipinski definition) is 4. The third kappa shape index (κ3) is 6.08. The van der Waals surface area contributed by atoms with E-state index < -0.39 is 5.60 Å². The third-order valence-corrected chi connectivity index (χ3v) is 3.38. The lowest BCUT2D eigenvalue weighted by atomic mass is 10.2. The molecule has 1 atom stereocenters. The van der Waals surface area contributed by atoms with E-state index in [1.807, 2.05) is 53.7 Å². The fraction of sp³-hybridized carbons (Fsp3) is 0.667. The minimum absolute atomic E-state index is 0.0567. The summed E-state index contributed by atoms with van der Waals surface area (Å²) in [6.45, 7) is 12.8. The number of carbonyl (C=O) groups excluding carboxylic acids is 1. The van der Waals surface area contributed by atoms with E-state index >= 15 is 0 Å². The first-order valence-electron chi connectivity index (χ1n) is 8.41. The lowest BCUT2D eigenvalue weighted by Gasteiger charge is -2.28. The molecule has 130 valence electrons. The van der Waals surface area contributed by atoms with E-state index in [0.717, 1.165) is 24.9 Å². The Morgan fingerprint density at radius 1 is 1.39 bits per heavy atom. The molecular weight excluding hydrogens is 292 g/mol. The Labute approximate surface area is 140 Å². The number of pyridine rings is 1. The van der Waals surface area contributed by atoms with E-state index in [1.165, 1.54) is 0 Å². The predicted octanol–water partition coefficient (Wildman–Crippen LogP) is 4.19. The molecule has 0 spiro atoms. The zero-order chi connectivity index (χ0) is 17.5. The van der Waals surface area contributed by atoms with Gasteiger partial charge in [0.15, 0.2) is 0 Å². The summed E-state index contributed by atoms with van der Waals surface area (Å²) < 4.78 is 11.2. The number of hydrogen-bond donors (Lipinski definition) is 0. The van der Waals surface area contributed by atoms with Crippen molar-refractivity contribution in [3.05, 3.63) is 23.9 Å². The van der Waals surface area contributed by atoms with Crippen molar-refractivity contribution in [2.45, 2.75) is 66.0 Å². The Kier molecular flexibility index (Phi) is 7.33. The number of ether oxygens (including phenoxy) is 2. The standard InChI is InChI=1S/C16H24N2O3.C2H6/c1-12-7-5-9-17-14(12)20-11-13-8-6-10-18(13)15(19)21-16(2,3)4;1-2/h5,7,9,13H,6,8,10-11H2,1-4H3;1-2H3. The van der Waals surface area contributed by atoms with Crippen molar-refractivity contribution in [3.63, 3.8) is 0 Å². The SMILES string of the molecule is CC.Cc1cccnc1OCC1CCCN1C(=O)OC(C)(C)C. The van der Waals surface area contributed by atoms with E-state index in [4.69, 9.17) is 9.47 Å². The van der Waals surface area contributed by atoms with Crippen molar-refractivity contribution >= 4 is 6.09 Å². The van der Waals surface area contributed by atoms with Crippen LogP contribution in [0.2, 0.25) is 0 Å². The molecule has 23 heavy (non-hydrogen) atoms. The minimum atomic E-state index is -0.470. The van der Waals surface area contributed by atoms with Gasteiger partial charge in [-0.2, -0.15) is 0 Å². The van der Waals surface area contributed by atoms with Crippen LogP contribution in [0.1, 0.15) is 53.0 Å². The Balaban J connectivity index is 0.00000127. The van der Waals surface area contributed by atoms with E-state index in [2.05, 4.69) is 4.98 Å². The van der Waals surface area contributed by atoms with Crippen LogP contribution in [-0.4, -0.2) is 40.8 Å². The highest BCUT2D eigenvalue weighted by atomic mass is 16.6. The molecule has 0 bridgehead atoms. The Morgan fingerprint density at radius 3 is 2.70 bits per heavy atom.